The lowest BCUT2D eigenvalue weighted by atomic mass is 9.96. The zero-order valence-electron chi connectivity index (χ0n) is 21.8. The first kappa shape index (κ1) is 23.7. The molecule has 40 heavy (non-hydrogen) atoms. The second-order valence-corrected chi connectivity index (χ2v) is 9.79. The van der Waals surface area contributed by atoms with Crippen LogP contribution < -0.4 is 0 Å². The zero-order chi connectivity index (χ0) is 26.7. The summed E-state index contributed by atoms with van der Waals surface area (Å²) in [4.78, 5) is 14.2. The van der Waals surface area contributed by atoms with E-state index in [0.29, 0.717) is 0 Å². The molecule has 5 aromatic carbocycles. The fourth-order valence-electron chi connectivity index (χ4n) is 5.06. The maximum Gasteiger partial charge on any atom is 0.160 e. The van der Waals surface area contributed by atoms with Crippen LogP contribution in [0.1, 0.15) is 0 Å². The first-order chi connectivity index (χ1) is 19.8. The Kier molecular flexibility index (Phi) is 6.15. The van der Waals surface area contributed by atoms with E-state index in [9.17, 15) is 0 Å². The Labute approximate surface area is 233 Å². The summed E-state index contributed by atoms with van der Waals surface area (Å²) in [5.41, 5.74) is 9.54. The highest BCUT2D eigenvalue weighted by Gasteiger charge is 2.11. The van der Waals surface area contributed by atoms with Crippen molar-refractivity contribution in [3.8, 4) is 56.2 Å². The molecule has 0 saturated heterocycles. The lowest BCUT2D eigenvalue weighted by molar-refractivity contribution is 1.18. The van der Waals surface area contributed by atoms with Crippen LogP contribution in [-0.4, -0.2) is 15.0 Å². The van der Waals surface area contributed by atoms with Gasteiger partial charge in [-0.15, -0.1) is 0 Å². The van der Waals surface area contributed by atoms with E-state index in [4.69, 9.17) is 9.97 Å². The minimum absolute atomic E-state index is 0.720. The maximum absolute atomic E-state index is 5.01. The zero-order valence-corrected chi connectivity index (χ0v) is 21.8. The van der Waals surface area contributed by atoms with Gasteiger partial charge in [-0.05, 0) is 57.8 Å². The SMILES string of the molecule is c1ccc(-c2cc(-c3cccc(-c4ccc5cc(-c6cccnc6)ccc5c4)c3)nc(-c3ccccc3)n2)cc1. The van der Waals surface area contributed by atoms with Crippen LogP contribution in [0.15, 0.2) is 152 Å². The van der Waals surface area contributed by atoms with Crippen molar-refractivity contribution >= 4 is 10.8 Å². The molecule has 0 bridgehead atoms. The first-order valence-electron chi connectivity index (χ1n) is 13.4. The smallest absolute Gasteiger partial charge is 0.160 e. The van der Waals surface area contributed by atoms with Gasteiger partial charge in [-0.2, -0.15) is 0 Å². The molecule has 0 spiro atoms. The van der Waals surface area contributed by atoms with Gasteiger partial charge < -0.3 is 0 Å². The van der Waals surface area contributed by atoms with Crippen LogP contribution >= 0.6 is 0 Å². The summed E-state index contributed by atoms with van der Waals surface area (Å²) in [6, 6.07) is 48.4. The van der Waals surface area contributed by atoms with Gasteiger partial charge in [0.25, 0.3) is 0 Å². The average molecular weight is 512 g/mol. The minimum Gasteiger partial charge on any atom is -0.264 e. The molecular weight excluding hydrogens is 486 g/mol. The summed E-state index contributed by atoms with van der Waals surface area (Å²) in [6.45, 7) is 0. The van der Waals surface area contributed by atoms with Crippen LogP contribution in [0.2, 0.25) is 0 Å². The molecule has 3 heteroatoms. The molecule has 0 radical (unpaired) electrons. The van der Waals surface area contributed by atoms with Crippen LogP contribution in [0.4, 0.5) is 0 Å². The van der Waals surface area contributed by atoms with Gasteiger partial charge in [0.15, 0.2) is 5.82 Å². The Bertz CT molecular complexity index is 1870. The fourth-order valence-corrected chi connectivity index (χ4v) is 5.06. The summed E-state index contributed by atoms with van der Waals surface area (Å²) in [5, 5.41) is 2.41. The molecule has 0 unspecified atom stereocenters. The van der Waals surface area contributed by atoms with Gasteiger partial charge in [-0.25, -0.2) is 9.97 Å². The van der Waals surface area contributed by atoms with Crippen LogP contribution in [0, 0.1) is 0 Å². The maximum atomic E-state index is 5.01. The van der Waals surface area contributed by atoms with E-state index < -0.39 is 0 Å². The minimum atomic E-state index is 0.720. The van der Waals surface area contributed by atoms with Gasteiger partial charge in [-0.3, -0.25) is 4.98 Å². The predicted molar refractivity (Wildman–Crippen MR) is 165 cm³/mol. The normalized spacial score (nSPS) is 11.0. The largest absolute Gasteiger partial charge is 0.264 e. The van der Waals surface area contributed by atoms with Gasteiger partial charge in [-0.1, -0.05) is 109 Å². The highest BCUT2D eigenvalue weighted by Crippen LogP contribution is 2.32. The summed E-state index contributed by atoms with van der Waals surface area (Å²) < 4.78 is 0. The number of nitrogens with zero attached hydrogens (tertiary/aromatic N) is 3. The molecule has 0 N–H and O–H groups in total. The second kappa shape index (κ2) is 10.4. The van der Waals surface area contributed by atoms with Crippen molar-refractivity contribution in [1.82, 2.24) is 15.0 Å². The monoisotopic (exact) mass is 511 g/mol. The van der Waals surface area contributed by atoms with Gasteiger partial charge in [0.2, 0.25) is 0 Å². The molecule has 0 saturated carbocycles. The Morgan fingerprint density at radius 2 is 0.900 bits per heavy atom. The van der Waals surface area contributed by atoms with Crippen molar-refractivity contribution in [1.29, 1.82) is 0 Å². The van der Waals surface area contributed by atoms with Crippen molar-refractivity contribution in [2.24, 2.45) is 0 Å². The van der Waals surface area contributed by atoms with E-state index in [-0.39, 0.29) is 0 Å². The molecule has 2 heterocycles. The highest BCUT2D eigenvalue weighted by atomic mass is 14.9. The first-order valence-corrected chi connectivity index (χ1v) is 13.4. The third-order valence-electron chi connectivity index (χ3n) is 7.15. The number of aromatic nitrogens is 3. The molecule has 7 rings (SSSR count). The van der Waals surface area contributed by atoms with Crippen LogP contribution in [-0.2, 0) is 0 Å². The summed E-state index contributed by atoms with van der Waals surface area (Å²) >= 11 is 0. The third kappa shape index (κ3) is 4.77. The molecule has 0 atom stereocenters. The molecule has 188 valence electrons. The highest BCUT2D eigenvalue weighted by molar-refractivity contribution is 5.91. The Morgan fingerprint density at radius 3 is 1.57 bits per heavy atom. The topological polar surface area (TPSA) is 38.7 Å². The van der Waals surface area contributed by atoms with Crippen LogP contribution in [0.3, 0.4) is 0 Å². The van der Waals surface area contributed by atoms with Crippen molar-refractivity contribution in [2.75, 3.05) is 0 Å². The van der Waals surface area contributed by atoms with E-state index in [1.165, 1.54) is 21.9 Å². The standard InChI is InChI=1S/C37H25N3/c1-3-9-26(10-4-1)35-24-36(40-37(39-35)27-11-5-2-6-12-27)33-14-7-13-28(23-33)29-16-17-31-22-32(19-18-30(31)21-29)34-15-8-20-38-25-34/h1-25H. The van der Waals surface area contributed by atoms with E-state index in [0.717, 1.165) is 45.0 Å². The molecule has 2 aromatic heterocycles. The van der Waals surface area contributed by atoms with Gasteiger partial charge in [0.05, 0.1) is 11.4 Å². The van der Waals surface area contributed by atoms with E-state index in [1.54, 1.807) is 6.20 Å². The second-order valence-electron chi connectivity index (χ2n) is 9.79. The molecule has 3 nitrogen and oxygen atoms in total. The Hall–Kier alpha value is -5.41. The fraction of sp³-hybridized carbons (Fsp3) is 0. The van der Waals surface area contributed by atoms with E-state index in [2.05, 4.69) is 102 Å². The number of pyridine rings is 1. The summed E-state index contributed by atoms with van der Waals surface area (Å²) in [6.07, 6.45) is 3.71. The lowest BCUT2D eigenvalue weighted by Gasteiger charge is -2.11. The summed E-state index contributed by atoms with van der Waals surface area (Å²) in [5.74, 6) is 0.720. The van der Waals surface area contributed by atoms with Gasteiger partial charge in [0.1, 0.15) is 0 Å². The molecule has 0 fully saturated rings. The third-order valence-corrected chi connectivity index (χ3v) is 7.15. The lowest BCUT2D eigenvalue weighted by Crippen LogP contribution is -1.96. The molecular formula is C37H25N3. The van der Waals surface area contributed by atoms with Crippen LogP contribution in [0.25, 0.3) is 66.9 Å². The van der Waals surface area contributed by atoms with Crippen molar-refractivity contribution in [3.63, 3.8) is 0 Å². The number of hydrogen-bond acceptors (Lipinski definition) is 3. The predicted octanol–water partition coefficient (Wildman–Crippen LogP) is 9.36. The van der Waals surface area contributed by atoms with Crippen molar-refractivity contribution in [2.45, 2.75) is 0 Å². The number of rotatable bonds is 5. The molecule has 7 aromatic rings. The molecule has 0 aliphatic carbocycles. The van der Waals surface area contributed by atoms with Gasteiger partial charge >= 0.3 is 0 Å². The Balaban J connectivity index is 1.29. The Morgan fingerprint density at radius 1 is 0.350 bits per heavy atom. The molecule has 0 aliphatic rings. The molecule has 0 amide bonds. The number of benzene rings is 5. The van der Waals surface area contributed by atoms with E-state index in [1.807, 2.05) is 48.7 Å². The van der Waals surface area contributed by atoms with Crippen molar-refractivity contribution in [3.05, 3.63) is 152 Å². The van der Waals surface area contributed by atoms with E-state index >= 15 is 0 Å². The number of fused-ring (bicyclic) bond motifs is 1. The van der Waals surface area contributed by atoms with Gasteiger partial charge in [0, 0.05) is 34.6 Å². The average Bonchev–Trinajstić information content (AvgIpc) is 3.05. The van der Waals surface area contributed by atoms with Crippen LogP contribution in [0.5, 0.6) is 0 Å². The molecule has 0 aliphatic heterocycles. The quantitative estimate of drug-likeness (QED) is 0.231. The van der Waals surface area contributed by atoms with Crippen molar-refractivity contribution < 1.29 is 0 Å². The summed E-state index contributed by atoms with van der Waals surface area (Å²) in [7, 11) is 0. The number of hydrogen-bond donors (Lipinski definition) is 0.